The molecule has 0 spiro atoms. The molecule has 1 fully saturated rings. The van der Waals surface area contributed by atoms with Crippen LogP contribution < -0.4 is 16.6 Å². The van der Waals surface area contributed by atoms with Crippen molar-refractivity contribution in [1.29, 1.82) is 0 Å². The van der Waals surface area contributed by atoms with Crippen molar-refractivity contribution in [1.82, 2.24) is 25.2 Å². The average Bonchev–Trinajstić information content (AvgIpc) is 2.58. The number of nitrogens with zero attached hydrogens (tertiary/aromatic N) is 2. The van der Waals surface area contributed by atoms with Gasteiger partial charge in [-0.05, 0) is 50.9 Å². The zero-order valence-electron chi connectivity index (χ0n) is 14.5. The van der Waals surface area contributed by atoms with Crippen molar-refractivity contribution in [3.05, 3.63) is 38.2 Å². The highest BCUT2D eigenvalue weighted by atomic mass is 16.2. The molecule has 0 saturated carbocycles. The van der Waals surface area contributed by atoms with Gasteiger partial charge in [-0.3, -0.25) is 19.6 Å². The summed E-state index contributed by atoms with van der Waals surface area (Å²) in [5.74, 6) is -0.153. The second kappa shape index (κ2) is 7.18. The fraction of sp³-hybridized carbons (Fsp3) is 0.529. The van der Waals surface area contributed by atoms with E-state index < -0.39 is 11.2 Å². The minimum absolute atomic E-state index is 0.152. The molecule has 25 heavy (non-hydrogen) atoms. The molecular formula is C17H23N5O3. The maximum atomic E-state index is 13.1. The quantitative estimate of drug-likeness (QED) is 0.748. The Kier molecular flexibility index (Phi) is 4.98. The summed E-state index contributed by atoms with van der Waals surface area (Å²) in [6.07, 6.45) is 2.68. The third kappa shape index (κ3) is 3.48. The number of carbonyl (C=O) groups excluding carboxylic acids is 1. The maximum Gasteiger partial charge on any atom is 0.327 e. The standard InChI is InChI=1S/C17H23N5O3/c1-3-8-22(11-4-6-18-7-5-11)16(24)12-9-10(2)13-14(19-12)20-17(25)21-15(13)23/h9,11,18H,3-8H2,1-2H3,(H2,19,20,21,23,25). The van der Waals surface area contributed by atoms with Crippen LogP contribution in [0.1, 0.15) is 42.2 Å². The summed E-state index contributed by atoms with van der Waals surface area (Å²) in [7, 11) is 0. The number of hydrogen-bond acceptors (Lipinski definition) is 5. The summed E-state index contributed by atoms with van der Waals surface area (Å²) in [6.45, 7) is 6.23. The maximum absolute atomic E-state index is 13.1. The minimum atomic E-state index is -0.627. The Hall–Kier alpha value is -2.48. The van der Waals surface area contributed by atoms with Crippen LogP contribution in [0.2, 0.25) is 0 Å². The molecule has 0 aromatic carbocycles. The van der Waals surface area contributed by atoms with Gasteiger partial charge in [-0.15, -0.1) is 0 Å². The molecular weight excluding hydrogens is 322 g/mol. The zero-order chi connectivity index (χ0) is 18.0. The van der Waals surface area contributed by atoms with Crippen LogP contribution in [0.4, 0.5) is 0 Å². The van der Waals surface area contributed by atoms with E-state index in [0.29, 0.717) is 17.5 Å². The SMILES string of the molecule is CCCN(C(=O)c1cc(C)c2c(=O)[nH]c(=O)[nH]c2n1)C1CCNCC1. The first-order valence-electron chi connectivity index (χ1n) is 8.67. The van der Waals surface area contributed by atoms with Crippen LogP contribution in [-0.4, -0.2) is 51.4 Å². The van der Waals surface area contributed by atoms with Crippen molar-refractivity contribution in [2.75, 3.05) is 19.6 Å². The lowest BCUT2D eigenvalue weighted by atomic mass is 10.0. The van der Waals surface area contributed by atoms with Gasteiger partial charge in [-0.1, -0.05) is 6.92 Å². The average molecular weight is 345 g/mol. The zero-order valence-corrected chi connectivity index (χ0v) is 14.5. The lowest BCUT2D eigenvalue weighted by Crippen LogP contribution is -2.46. The molecule has 3 rings (SSSR count). The number of aryl methyl sites for hydroxylation is 1. The number of rotatable bonds is 4. The van der Waals surface area contributed by atoms with Gasteiger partial charge in [0.1, 0.15) is 11.3 Å². The first-order chi connectivity index (χ1) is 12.0. The van der Waals surface area contributed by atoms with E-state index in [-0.39, 0.29) is 23.3 Å². The van der Waals surface area contributed by atoms with Gasteiger partial charge >= 0.3 is 5.69 Å². The van der Waals surface area contributed by atoms with Crippen molar-refractivity contribution >= 4 is 16.9 Å². The molecule has 1 aliphatic heterocycles. The van der Waals surface area contributed by atoms with Crippen LogP contribution in [0.5, 0.6) is 0 Å². The van der Waals surface area contributed by atoms with Crippen LogP contribution in [0.25, 0.3) is 11.0 Å². The molecule has 8 nitrogen and oxygen atoms in total. The van der Waals surface area contributed by atoms with Crippen molar-refractivity contribution in [2.45, 2.75) is 39.2 Å². The first kappa shape index (κ1) is 17.3. The van der Waals surface area contributed by atoms with Gasteiger partial charge < -0.3 is 10.2 Å². The van der Waals surface area contributed by atoms with E-state index in [1.165, 1.54) is 0 Å². The molecule has 0 atom stereocenters. The predicted octanol–water partition coefficient (Wildman–Crippen LogP) is 0.524. The summed E-state index contributed by atoms with van der Waals surface area (Å²) in [4.78, 5) is 47.4. The Morgan fingerprint density at radius 3 is 2.68 bits per heavy atom. The number of aromatic amines is 2. The fourth-order valence-electron chi connectivity index (χ4n) is 3.42. The van der Waals surface area contributed by atoms with E-state index in [2.05, 4.69) is 20.3 Å². The van der Waals surface area contributed by atoms with E-state index in [9.17, 15) is 14.4 Å². The van der Waals surface area contributed by atoms with Gasteiger partial charge in [-0.2, -0.15) is 0 Å². The van der Waals surface area contributed by atoms with Gasteiger partial charge in [0, 0.05) is 12.6 Å². The fourth-order valence-corrected chi connectivity index (χ4v) is 3.42. The Balaban J connectivity index is 2.02. The molecule has 0 bridgehead atoms. The van der Waals surface area contributed by atoms with Crippen LogP contribution >= 0.6 is 0 Å². The first-order valence-corrected chi connectivity index (χ1v) is 8.67. The molecule has 0 radical (unpaired) electrons. The van der Waals surface area contributed by atoms with Gasteiger partial charge in [0.25, 0.3) is 11.5 Å². The van der Waals surface area contributed by atoms with E-state index in [0.717, 1.165) is 32.4 Å². The van der Waals surface area contributed by atoms with Crippen LogP contribution in [0.3, 0.4) is 0 Å². The second-order valence-corrected chi connectivity index (χ2v) is 6.44. The number of carbonyl (C=O) groups is 1. The minimum Gasteiger partial charge on any atom is -0.334 e. The largest absolute Gasteiger partial charge is 0.334 e. The highest BCUT2D eigenvalue weighted by Gasteiger charge is 2.27. The van der Waals surface area contributed by atoms with Crippen molar-refractivity contribution in [3.8, 4) is 0 Å². The highest BCUT2D eigenvalue weighted by molar-refractivity contribution is 5.95. The summed E-state index contributed by atoms with van der Waals surface area (Å²) in [5, 5.41) is 3.61. The van der Waals surface area contributed by atoms with E-state index >= 15 is 0 Å². The number of pyridine rings is 1. The number of H-pyrrole nitrogens is 2. The monoisotopic (exact) mass is 345 g/mol. The van der Waals surface area contributed by atoms with E-state index in [1.54, 1.807) is 13.0 Å². The Bertz CT molecular complexity index is 895. The molecule has 1 amide bonds. The summed E-state index contributed by atoms with van der Waals surface area (Å²) in [6, 6.07) is 1.81. The third-order valence-corrected chi connectivity index (χ3v) is 4.60. The summed E-state index contributed by atoms with van der Waals surface area (Å²) in [5.41, 5.74) is -0.0889. The molecule has 0 aliphatic carbocycles. The number of hydrogen-bond donors (Lipinski definition) is 3. The molecule has 0 unspecified atom stereocenters. The van der Waals surface area contributed by atoms with E-state index in [4.69, 9.17) is 0 Å². The van der Waals surface area contributed by atoms with Crippen molar-refractivity contribution in [3.63, 3.8) is 0 Å². The molecule has 8 heteroatoms. The molecule has 1 saturated heterocycles. The number of nitrogens with one attached hydrogen (secondary N) is 3. The lowest BCUT2D eigenvalue weighted by Gasteiger charge is -2.34. The molecule has 3 heterocycles. The lowest BCUT2D eigenvalue weighted by molar-refractivity contribution is 0.0637. The van der Waals surface area contributed by atoms with Crippen molar-refractivity contribution in [2.24, 2.45) is 0 Å². The topological polar surface area (TPSA) is 111 Å². The van der Waals surface area contributed by atoms with Gasteiger partial charge in [0.05, 0.1) is 5.39 Å². The van der Waals surface area contributed by atoms with Gasteiger partial charge in [0.2, 0.25) is 0 Å². The predicted molar refractivity (Wildman–Crippen MR) is 94.9 cm³/mol. The Morgan fingerprint density at radius 2 is 2.00 bits per heavy atom. The number of aromatic nitrogens is 3. The normalized spacial score (nSPS) is 15.4. The van der Waals surface area contributed by atoms with Crippen molar-refractivity contribution < 1.29 is 4.79 Å². The van der Waals surface area contributed by atoms with Crippen LogP contribution in [-0.2, 0) is 0 Å². The Morgan fingerprint density at radius 1 is 1.28 bits per heavy atom. The van der Waals surface area contributed by atoms with Gasteiger partial charge in [-0.25, -0.2) is 9.78 Å². The second-order valence-electron chi connectivity index (χ2n) is 6.44. The molecule has 134 valence electrons. The molecule has 1 aliphatic rings. The molecule has 2 aromatic heterocycles. The molecule has 3 N–H and O–H groups in total. The smallest absolute Gasteiger partial charge is 0.327 e. The van der Waals surface area contributed by atoms with Crippen LogP contribution in [0.15, 0.2) is 15.7 Å². The number of piperidine rings is 1. The third-order valence-electron chi connectivity index (χ3n) is 4.60. The van der Waals surface area contributed by atoms with Crippen LogP contribution in [0, 0.1) is 6.92 Å². The summed E-state index contributed by atoms with van der Waals surface area (Å²) >= 11 is 0. The van der Waals surface area contributed by atoms with Gasteiger partial charge in [0.15, 0.2) is 0 Å². The summed E-state index contributed by atoms with van der Waals surface area (Å²) < 4.78 is 0. The number of fused-ring (bicyclic) bond motifs is 1. The number of amides is 1. The van der Waals surface area contributed by atoms with E-state index in [1.807, 2.05) is 11.8 Å². The Labute approximate surface area is 144 Å². The molecule has 2 aromatic rings. The highest BCUT2D eigenvalue weighted by Crippen LogP contribution is 2.18.